The van der Waals surface area contributed by atoms with Gasteiger partial charge in [-0.05, 0) is 19.0 Å². The zero-order chi connectivity index (χ0) is 11.6. The molecule has 1 atom stereocenters. The summed E-state index contributed by atoms with van der Waals surface area (Å²) in [5.41, 5.74) is 1.44. The van der Waals surface area contributed by atoms with E-state index in [1.807, 2.05) is 12.1 Å². The number of rotatable bonds is 3. The van der Waals surface area contributed by atoms with Crippen molar-refractivity contribution >= 4 is 0 Å². The van der Waals surface area contributed by atoms with Crippen molar-refractivity contribution in [2.24, 2.45) is 0 Å². The van der Waals surface area contributed by atoms with Crippen LogP contribution in [-0.2, 0) is 5.41 Å². The molecule has 1 aromatic rings. The molecule has 1 heterocycles. The largest absolute Gasteiger partial charge is 0.497 e. The number of methoxy groups -OCH3 is 2. The van der Waals surface area contributed by atoms with E-state index in [-0.39, 0.29) is 5.41 Å². The first-order valence-corrected chi connectivity index (χ1v) is 5.63. The van der Waals surface area contributed by atoms with E-state index in [1.54, 1.807) is 14.2 Å². The van der Waals surface area contributed by atoms with Crippen LogP contribution < -0.4 is 14.8 Å². The van der Waals surface area contributed by atoms with Crippen molar-refractivity contribution in [3.8, 4) is 11.5 Å². The van der Waals surface area contributed by atoms with Gasteiger partial charge in [0.2, 0.25) is 0 Å². The summed E-state index contributed by atoms with van der Waals surface area (Å²) in [4.78, 5) is 0. The highest BCUT2D eigenvalue weighted by Crippen LogP contribution is 2.38. The Hall–Kier alpha value is -1.22. The van der Waals surface area contributed by atoms with Gasteiger partial charge in [0.1, 0.15) is 11.5 Å². The van der Waals surface area contributed by atoms with Crippen LogP contribution in [0, 0.1) is 0 Å². The number of ether oxygens (including phenoxy) is 2. The Morgan fingerprint density at radius 1 is 1.25 bits per heavy atom. The number of nitrogens with one attached hydrogen (secondary N) is 1. The fourth-order valence-electron chi connectivity index (χ4n) is 2.34. The molecule has 0 saturated carbocycles. The second-order valence-corrected chi connectivity index (χ2v) is 4.55. The molecule has 0 radical (unpaired) electrons. The average molecular weight is 221 g/mol. The Bertz CT molecular complexity index is 370. The van der Waals surface area contributed by atoms with Crippen molar-refractivity contribution in [3.05, 3.63) is 23.8 Å². The Kier molecular flexibility index (Phi) is 3.06. The summed E-state index contributed by atoms with van der Waals surface area (Å²) in [5.74, 6) is 1.76. The van der Waals surface area contributed by atoms with Crippen molar-refractivity contribution in [1.82, 2.24) is 5.32 Å². The van der Waals surface area contributed by atoms with E-state index in [9.17, 15) is 0 Å². The molecule has 3 nitrogen and oxygen atoms in total. The maximum atomic E-state index is 5.46. The van der Waals surface area contributed by atoms with Crippen LogP contribution in [0.1, 0.15) is 18.9 Å². The first-order valence-electron chi connectivity index (χ1n) is 5.63. The highest BCUT2D eigenvalue weighted by atomic mass is 16.5. The fraction of sp³-hybridized carbons (Fsp3) is 0.538. The summed E-state index contributed by atoms with van der Waals surface area (Å²) in [6.07, 6.45) is 1.15. The van der Waals surface area contributed by atoms with Gasteiger partial charge in [0, 0.05) is 23.6 Å². The number of hydrogen-bond donors (Lipinski definition) is 1. The molecule has 0 aliphatic carbocycles. The molecule has 0 aromatic heterocycles. The minimum atomic E-state index is 0.178. The van der Waals surface area contributed by atoms with Crippen LogP contribution in [0.2, 0.25) is 0 Å². The predicted octanol–water partition coefficient (Wildman–Crippen LogP) is 1.95. The van der Waals surface area contributed by atoms with Crippen molar-refractivity contribution in [2.75, 3.05) is 27.3 Å². The van der Waals surface area contributed by atoms with Crippen LogP contribution in [0.15, 0.2) is 18.2 Å². The van der Waals surface area contributed by atoms with Gasteiger partial charge in [0.15, 0.2) is 0 Å². The molecule has 2 rings (SSSR count). The van der Waals surface area contributed by atoms with Gasteiger partial charge in [-0.15, -0.1) is 0 Å². The normalized spacial score (nSPS) is 24.4. The Morgan fingerprint density at radius 2 is 2.06 bits per heavy atom. The van der Waals surface area contributed by atoms with Crippen molar-refractivity contribution in [3.63, 3.8) is 0 Å². The smallest absolute Gasteiger partial charge is 0.126 e. The zero-order valence-corrected chi connectivity index (χ0v) is 10.2. The highest BCUT2D eigenvalue weighted by Gasteiger charge is 2.33. The summed E-state index contributed by atoms with van der Waals surface area (Å²) in [5, 5.41) is 3.40. The Balaban J connectivity index is 2.39. The van der Waals surface area contributed by atoms with Gasteiger partial charge < -0.3 is 14.8 Å². The average Bonchev–Trinajstić information content (AvgIpc) is 2.76. The van der Waals surface area contributed by atoms with E-state index in [1.165, 1.54) is 5.56 Å². The van der Waals surface area contributed by atoms with Crippen LogP contribution in [0.5, 0.6) is 11.5 Å². The van der Waals surface area contributed by atoms with Gasteiger partial charge >= 0.3 is 0 Å². The SMILES string of the molecule is COc1ccc(C2(C)CCNC2)c(OC)c1. The maximum Gasteiger partial charge on any atom is 0.126 e. The molecule has 1 N–H and O–H groups in total. The summed E-state index contributed by atoms with van der Waals surface area (Å²) in [6.45, 7) is 4.36. The van der Waals surface area contributed by atoms with Gasteiger partial charge in [-0.1, -0.05) is 13.0 Å². The lowest BCUT2D eigenvalue weighted by molar-refractivity contribution is 0.379. The highest BCUT2D eigenvalue weighted by molar-refractivity contribution is 5.45. The molecule has 1 aliphatic heterocycles. The molecule has 0 bridgehead atoms. The zero-order valence-electron chi connectivity index (χ0n) is 10.2. The Morgan fingerprint density at radius 3 is 2.62 bits per heavy atom. The molecule has 1 fully saturated rings. The molecule has 0 amide bonds. The molecule has 1 unspecified atom stereocenters. The predicted molar refractivity (Wildman–Crippen MR) is 64.4 cm³/mol. The number of hydrogen-bond acceptors (Lipinski definition) is 3. The second-order valence-electron chi connectivity index (χ2n) is 4.55. The second kappa shape index (κ2) is 4.34. The molecule has 16 heavy (non-hydrogen) atoms. The van der Waals surface area contributed by atoms with Crippen LogP contribution in [-0.4, -0.2) is 27.3 Å². The maximum absolute atomic E-state index is 5.46. The summed E-state index contributed by atoms with van der Waals surface area (Å²) in [6, 6.07) is 6.07. The summed E-state index contributed by atoms with van der Waals surface area (Å²) in [7, 11) is 3.39. The molecule has 1 aliphatic rings. The van der Waals surface area contributed by atoms with E-state index < -0.39 is 0 Å². The first kappa shape index (κ1) is 11.3. The molecule has 3 heteroatoms. The van der Waals surface area contributed by atoms with Crippen molar-refractivity contribution in [1.29, 1.82) is 0 Å². The first-order chi connectivity index (χ1) is 7.69. The van der Waals surface area contributed by atoms with Crippen LogP contribution >= 0.6 is 0 Å². The number of benzene rings is 1. The van der Waals surface area contributed by atoms with Gasteiger partial charge in [-0.3, -0.25) is 0 Å². The van der Waals surface area contributed by atoms with E-state index in [2.05, 4.69) is 18.3 Å². The van der Waals surface area contributed by atoms with E-state index in [0.29, 0.717) is 0 Å². The van der Waals surface area contributed by atoms with Crippen LogP contribution in [0.4, 0.5) is 0 Å². The van der Waals surface area contributed by atoms with E-state index in [0.717, 1.165) is 31.0 Å². The van der Waals surface area contributed by atoms with E-state index in [4.69, 9.17) is 9.47 Å². The molecular weight excluding hydrogens is 202 g/mol. The van der Waals surface area contributed by atoms with Gasteiger partial charge in [-0.2, -0.15) is 0 Å². The van der Waals surface area contributed by atoms with Crippen LogP contribution in [0.25, 0.3) is 0 Å². The standard InChI is InChI=1S/C13H19NO2/c1-13(6-7-14-9-13)11-5-4-10(15-2)8-12(11)16-3/h4-5,8,14H,6-7,9H2,1-3H3. The third-order valence-electron chi connectivity index (χ3n) is 3.43. The summed E-state index contributed by atoms with van der Waals surface area (Å²) >= 11 is 0. The fourth-order valence-corrected chi connectivity index (χ4v) is 2.34. The van der Waals surface area contributed by atoms with Crippen LogP contribution in [0.3, 0.4) is 0 Å². The molecule has 0 spiro atoms. The third kappa shape index (κ3) is 1.87. The summed E-state index contributed by atoms with van der Waals surface area (Å²) < 4.78 is 10.7. The minimum absolute atomic E-state index is 0.178. The van der Waals surface area contributed by atoms with E-state index >= 15 is 0 Å². The lowest BCUT2D eigenvalue weighted by Gasteiger charge is -2.25. The quantitative estimate of drug-likeness (QED) is 0.846. The molecule has 88 valence electrons. The Labute approximate surface area is 96.8 Å². The van der Waals surface area contributed by atoms with Crippen molar-refractivity contribution in [2.45, 2.75) is 18.8 Å². The lowest BCUT2D eigenvalue weighted by Crippen LogP contribution is -2.25. The lowest BCUT2D eigenvalue weighted by atomic mass is 9.81. The molecule has 1 saturated heterocycles. The van der Waals surface area contributed by atoms with Gasteiger partial charge in [0.05, 0.1) is 14.2 Å². The molecular formula is C13H19NO2. The minimum Gasteiger partial charge on any atom is -0.497 e. The monoisotopic (exact) mass is 221 g/mol. The van der Waals surface area contributed by atoms with Gasteiger partial charge in [0.25, 0.3) is 0 Å². The van der Waals surface area contributed by atoms with Crippen molar-refractivity contribution < 1.29 is 9.47 Å². The van der Waals surface area contributed by atoms with Gasteiger partial charge in [-0.25, -0.2) is 0 Å². The third-order valence-corrected chi connectivity index (χ3v) is 3.43. The molecule has 1 aromatic carbocycles. The topological polar surface area (TPSA) is 30.5 Å².